The molecule has 1 N–H and O–H groups in total. The van der Waals surface area contributed by atoms with Crippen molar-refractivity contribution in [2.45, 2.75) is 38.5 Å². The first-order valence-corrected chi connectivity index (χ1v) is 8.58. The summed E-state index contributed by atoms with van der Waals surface area (Å²) in [5, 5.41) is 2.98. The van der Waals surface area contributed by atoms with Crippen LogP contribution >= 0.6 is 22.9 Å². The summed E-state index contributed by atoms with van der Waals surface area (Å²) in [6.45, 7) is 1.56. The molecule has 1 fully saturated rings. The molecule has 2 rings (SSSR count). The predicted octanol–water partition coefficient (Wildman–Crippen LogP) is 4.17. The Kier molecular flexibility index (Phi) is 6.17. The Morgan fingerprint density at radius 3 is 2.80 bits per heavy atom. The van der Waals surface area contributed by atoms with E-state index in [4.69, 9.17) is 11.6 Å². The van der Waals surface area contributed by atoms with Crippen molar-refractivity contribution in [2.24, 2.45) is 5.92 Å². The van der Waals surface area contributed by atoms with Crippen molar-refractivity contribution >= 4 is 29.0 Å². The van der Waals surface area contributed by atoms with Gasteiger partial charge in [0.2, 0.25) is 0 Å². The molecule has 0 bridgehead atoms. The molecule has 1 heterocycles. The van der Waals surface area contributed by atoms with Crippen molar-refractivity contribution in [3.63, 3.8) is 0 Å². The number of thiophene rings is 1. The van der Waals surface area contributed by atoms with E-state index in [1.54, 1.807) is 11.3 Å². The number of urea groups is 1. The number of carbonyl (C=O) groups is 1. The number of rotatable bonds is 5. The average Bonchev–Trinajstić information content (AvgIpc) is 2.85. The van der Waals surface area contributed by atoms with E-state index >= 15 is 0 Å². The van der Waals surface area contributed by atoms with Gasteiger partial charge in [-0.1, -0.05) is 30.9 Å². The van der Waals surface area contributed by atoms with Crippen molar-refractivity contribution in [1.82, 2.24) is 10.2 Å². The van der Waals surface area contributed by atoms with Gasteiger partial charge in [0, 0.05) is 25.0 Å². The van der Waals surface area contributed by atoms with Crippen molar-refractivity contribution < 1.29 is 4.79 Å². The second-order valence-electron chi connectivity index (χ2n) is 5.57. The topological polar surface area (TPSA) is 32.3 Å². The van der Waals surface area contributed by atoms with Crippen molar-refractivity contribution in [3.8, 4) is 0 Å². The average molecular weight is 315 g/mol. The van der Waals surface area contributed by atoms with Crippen LogP contribution in [0.25, 0.3) is 0 Å². The Bertz CT molecular complexity index is 429. The van der Waals surface area contributed by atoms with Crippen LogP contribution in [0.1, 0.15) is 37.0 Å². The molecular formula is C15H23ClN2OS. The second-order valence-corrected chi connectivity index (χ2v) is 7.37. The van der Waals surface area contributed by atoms with Gasteiger partial charge in [-0.05, 0) is 37.3 Å². The Balaban J connectivity index is 1.65. The number of nitrogens with zero attached hydrogens (tertiary/aromatic N) is 1. The lowest BCUT2D eigenvalue weighted by molar-refractivity contribution is 0.192. The quantitative estimate of drug-likeness (QED) is 0.869. The van der Waals surface area contributed by atoms with Crippen LogP contribution in [0.2, 0.25) is 4.34 Å². The maximum absolute atomic E-state index is 12.0. The Labute approximate surface area is 130 Å². The lowest BCUT2D eigenvalue weighted by atomic mass is 9.89. The number of hydrogen-bond donors (Lipinski definition) is 1. The number of amides is 2. The molecule has 5 heteroatoms. The molecule has 0 spiro atoms. The molecule has 1 aliphatic carbocycles. The minimum absolute atomic E-state index is 0.0400. The molecule has 2 amide bonds. The summed E-state index contributed by atoms with van der Waals surface area (Å²) >= 11 is 7.46. The van der Waals surface area contributed by atoms with E-state index in [1.165, 1.54) is 37.0 Å². The van der Waals surface area contributed by atoms with E-state index in [9.17, 15) is 4.79 Å². The summed E-state index contributed by atoms with van der Waals surface area (Å²) in [7, 11) is 1.89. The van der Waals surface area contributed by atoms with Gasteiger partial charge in [-0.25, -0.2) is 4.79 Å². The highest BCUT2D eigenvalue weighted by Gasteiger charge is 2.17. The molecule has 0 atom stereocenters. The third-order valence-electron chi connectivity index (χ3n) is 3.88. The van der Waals surface area contributed by atoms with E-state index in [0.29, 0.717) is 12.5 Å². The van der Waals surface area contributed by atoms with E-state index in [0.717, 1.165) is 17.3 Å². The first-order chi connectivity index (χ1) is 9.65. The van der Waals surface area contributed by atoms with Gasteiger partial charge in [0.05, 0.1) is 4.34 Å². The van der Waals surface area contributed by atoms with Gasteiger partial charge in [-0.2, -0.15) is 0 Å². The molecule has 1 aliphatic rings. The van der Waals surface area contributed by atoms with Gasteiger partial charge in [-0.3, -0.25) is 0 Å². The zero-order chi connectivity index (χ0) is 14.4. The summed E-state index contributed by atoms with van der Waals surface area (Å²) in [4.78, 5) is 15.0. The third-order valence-corrected chi connectivity index (χ3v) is 5.17. The molecular weight excluding hydrogens is 292 g/mol. The summed E-state index contributed by atoms with van der Waals surface area (Å²) in [5.74, 6) is 0.690. The molecule has 112 valence electrons. The van der Waals surface area contributed by atoms with E-state index < -0.39 is 0 Å². The lowest BCUT2D eigenvalue weighted by Gasteiger charge is -2.27. The van der Waals surface area contributed by atoms with Gasteiger partial charge in [0.1, 0.15) is 0 Å². The molecule has 3 nitrogen and oxygen atoms in total. The predicted molar refractivity (Wildman–Crippen MR) is 85.6 cm³/mol. The van der Waals surface area contributed by atoms with Crippen LogP contribution in [0.5, 0.6) is 0 Å². The maximum Gasteiger partial charge on any atom is 0.317 e. The first-order valence-electron chi connectivity index (χ1n) is 7.38. The van der Waals surface area contributed by atoms with E-state index in [2.05, 4.69) is 5.32 Å². The maximum atomic E-state index is 12.0. The van der Waals surface area contributed by atoms with Gasteiger partial charge in [0.15, 0.2) is 0 Å². The Morgan fingerprint density at radius 2 is 2.15 bits per heavy atom. The minimum Gasteiger partial charge on any atom is -0.338 e. The number of hydrogen-bond acceptors (Lipinski definition) is 2. The SMILES string of the molecule is CN(CC1CCCCC1)C(=O)NCCc1ccc(Cl)s1. The van der Waals surface area contributed by atoms with Gasteiger partial charge in [0.25, 0.3) is 0 Å². The normalized spacial score (nSPS) is 16.1. The fraction of sp³-hybridized carbons (Fsp3) is 0.667. The largest absolute Gasteiger partial charge is 0.338 e. The van der Waals surface area contributed by atoms with Crippen molar-refractivity contribution in [2.75, 3.05) is 20.1 Å². The van der Waals surface area contributed by atoms with Crippen molar-refractivity contribution in [3.05, 3.63) is 21.3 Å². The highest BCUT2D eigenvalue weighted by Crippen LogP contribution is 2.24. The number of nitrogens with one attached hydrogen (secondary N) is 1. The minimum atomic E-state index is 0.0400. The van der Waals surface area contributed by atoms with Crippen molar-refractivity contribution in [1.29, 1.82) is 0 Å². The fourth-order valence-corrected chi connectivity index (χ4v) is 3.84. The van der Waals surface area contributed by atoms with Crippen LogP contribution in [0.15, 0.2) is 12.1 Å². The Morgan fingerprint density at radius 1 is 1.40 bits per heavy atom. The molecule has 0 aliphatic heterocycles. The van der Waals surface area contributed by atoms with Crippen LogP contribution in [0, 0.1) is 5.92 Å². The third kappa shape index (κ3) is 4.98. The summed E-state index contributed by atoms with van der Waals surface area (Å²) in [5.41, 5.74) is 0. The van der Waals surface area contributed by atoms with Crippen LogP contribution in [0.4, 0.5) is 4.79 Å². The lowest BCUT2D eigenvalue weighted by Crippen LogP contribution is -2.40. The Hall–Kier alpha value is -0.740. The summed E-state index contributed by atoms with van der Waals surface area (Å²) in [6.07, 6.45) is 7.38. The molecule has 0 saturated heterocycles. The molecule has 1 aromatic rings. The number of carbonyl (C=O) groups excluding carboxylic acids is 1. The monoisotopic (exact) mass is 314 g/mol. The standard InChI is InChI=1S/C15H23ClN2OS/c1-18(11-12-5-3-2-4-6-12)15(19)17-10-9-13-7-8-14(16)20-13/h7-8,12H,2-6,9-11H2,1H3,(H,17,19). The van der Waals surface area contributed by atoms with Crippen LogP contribution in [-0.2, 0) is 6.42 Å². The zero-order valence-corrected chi connectivity index (χ0v) is 13.6. The first kappa shape index (κ1) is 15.6. The molecule has 0 radical (unpaired) electrons. The smallest absolute Gasteiger partial charge is 0.317 e. The second kappa shape index (κ2) is 7.89. The molecule has 20 heavy (non-hydrogen) atoms. The van der Waals surface area contributed by atoms with Gasteiger partial charge in [-0.15, -0.1) is 11.3 Å². The van der Waals surface area contributed by atoms with Gasteiger partial charge >= 0.3 is 6.03 Å². The van der Waals surface area contributed by atoms with E-state index in [1.807, 2.05) is 24.1 Å². The molecule has 1 aromatic heterocycles. The van der Waals surface area contributed by atoms with Crippen LogP contribution in [-0.4, -0.2) is 31.1 Å². The zero-order valence-electron chi connectivity index (χ0n) is 12.0. The van der Waals surface area contributed by atoms with E-state index in [-0.39, 0.29) is 6.03 Å². The fourth-order valence-electron chi connectivity index (χ4n) is 2.75. The molecule has 1 saturated carbocycles. The highest BCUT2D eigenvalue weighted by molar-refractivity contribution is 7.16. The summed E-state index contributed by atoms with van der Waals surface area (Å²) in [6, 6.07) is 3.96. The number of halogens is 1. The highest BCUT2D eigenvalue weighted by atomic mass is 35.5. The summed E-state index contributed by atoms with van der Waals surface area (Å²) < 4.78 is 0.806. The van der Waals surface area contributed by atoms with Crippen LogP contribution in [0.3, 0.4) is 0 Å². The van der Waals surface area contributed by atoms with Gasteiger partial charge < -0.3 is 10.2 Å². The molecule has 0 aromatic carbocycles. The van der Waals surface area contributed by atoms with Crippen LogP contribution < -0.4 is 5.32 Å². The molecule has 0 unspecified atom stereocenters.